The maximum absolute atomic E-state index is 6.06. The first-order chi connectivity index (χ1) is 8.35. The van der Waals surface area contributed by atoms with Crippen LogP contribution in [0.25, 0.3) is 10.8 Å². The van der Waals surface area contributed by atoms with E-state index in [1.807, 2.05) is 13.8 Å². The minimum Gasteiger partial charge on any atom is -0.373 e. The number of aryl methyl sites for hydroxylation is 1. The highest BCUT2D eigenvalue weighted by Gasteiger charge is 2.14. The van der Waals surface area contributed by atoms with Crippen molar-refractivity contribution >= 4 is 16.5 Å². The van der Waals surface area contributed by atoms with Crippen LogP contribution < -0.4 is 10.6 Å². The summed E-state index contributed by atoms with van der Waals surface area (Å²) in [7, 11) is 2.09. The van der Waals surface area contributed by atoms with Crippen molar-refractivity contribution in [3.63, 3.8) is 0 Å². The van der Waals surface area contributed by atoms with Crippen LogP contribution in [0, 0.1) is 6.92 Å². The molecule has 2 rings (SSSR count). The molecule has 2 heteroatoms. The van der Waals surface area contributed by atoms with Gasteiger partial charge in [0.05, 0.1) is 0 Å². The van der Waals surface area contributed by atoms with Crippen LogP contribution in [0.3, 0.4) is 0 Å². The number of benzene rings is 2. The van der Waals surface area contributed by atoms with Gasteiger partial charge in [0, 0.05) is 24.8 Å². The molecule has 2 aromatic rings. The average molecular weight is 242 g/mol. The molecule has 2 nitrogen and oxygen atoms in total. The Bertz CT molecular complexity index is 553. The quantitative estimate of drug-likeness (QED) is 0.894. The van der Waals surface area contributed by atoms with E-state index in [-0.39, 0.29) is 5.54 Å². The number of rotatable bonds is 3. The first-order valence-corrected chi connectivity index (χ1v) is 6.36. The van der Waals surface area contributed by atoms with Gasteiger partial charge < -0.3 is 10.6 Å². The lowest BCUT2D eigenvalue weighted by molar-refractivity contribution is 0.519. The van der Waals surface area contributed by atoms with Crippen LogP contribution in [0.4, 0.5) is 5.69 Å². The summed E-state index contributed by atoms with van der Waals surface area (Å²) in [5, 5.41) is 2.57. The summed E-state index contributed by atoms with van der Waals surface area (Å²) in [6.07, 6.45) is 0. The van der Waals surface area contributed by atoms with Crippen LogP contribution in [0.1, 0.15) is 19.4 Å². The van der Waals surface area contributed by atoms with Crippen LogP contribution in [-0.2, 0) is 0 Å². The molecule has 0 aliphatic rings. The fourth-order valence-electron chi connectivity index (χ4n) is 2.29. The summed E-state index contributed by atoms with van der Waals surface area (Å²) in [6, 6.07) is 13.1. The van der Waals surface area contributed by atoms with Gasteiger partial charge in [-0.2, -0.15) is 0 Å². The molecule has 0 aliphatic carbocycles. The van der Waals surface area contributed by atoms with Crippen molar-refractivity contribution in [3.8, 4) is 0 Å². The largest absolute Gasteiger partial charge is 0.373 e. The second-order valence-corrected chi connectivity index (χ2v) is 5.88. The summed E-state index contributed by atoms with van der Waals surface area (Å²) >= 11 is 0. The lowest BCUT2D eigenvalue weighted by Gasteiger charge is -2.28. The second-order valence-electron chi connectivity index (χ2n) is 5.88. The Hall–Kier alpha value is -1.54. The average Bonchev–Trinajstić information content (AvgIpc) is 2.26. The molecule has 0 bridgehead atoms. The van der Waals surface area contributed by atoms with Crippen molar-refractivity contribution in [3.05, 3.63) is 42.0 Å². The van der Waals surface area contributed by atoms with Crippen LogP contribution in [-0.4, -0.2) is 19.1 Å². The van der Waals surface area contributed by atoms with Gasteiger partial charge in [-0.05, 0) is 43.7 Å². The van der Waals surface area contributed by atoms with E-state index in [9.17, 15) is 0 Å². The zero-order valence-electron chi connectivity index (χ0n) is 11.7. The molecule has 2 aromatic carbocycles. The topological polar surface area (TPSA) is 29.3 Å². The molecule has 0 aliphatic heterocycles. The van der Waals surface area contributed by atoms with Crippen molar-refractivity contribution in [1.82, 2.24) is 0 Å². The molecule has 18 heavy (non-hydrogen) atoms. The Kier molecular flexibility index (Phi) is 3.31. The highest BCUT2D eigenvalue weighted by molar-refractivity contribution is 5.86. The third-order valence-corrected chi connectivity index (χ3v) is 3.06. The zero-order chi connectivity index (χ0) is 13.3. The maximum Gasteiger partial charge on any atom is 0.0370 e. The minimum atomic E-state index is -0.184. The number of likely N-dealkylation sites (N-methyl/N-ethyl adjacent to an activating group) is 1. The van der Waals surface area contributed by atoms with E-state index in [4.69, 9.17) is 5.73 Å². The van der Waals surface area contributed by atoms with Crippen molar-refractivity contribution in [1.29, 1.82) is 0 Å². The fraction of sp³-hybridized carbons (Fsp3) is 0.375. The normalized spacial score (nSPS) is 11.8. The lowest BCUT2D eigenvalue weighted by atomic mass is 10.0. The molecule has 0 saturated heterocycles. The number of nitrogens with two attached hydrogens (primary N) is 1. The van der Waals surface area contributed by atoms with Gasteiger partial charge in [0.25, 0.3) is 0 Å². The smallest absolute Gasteiger partial charge is 0.0370 e. The van der Waals surface area contributed by atoms with Crippen molar-refractivity contribution < 1.29 is 0 Å². The van der Waals surface area contributed by atoms with Crippen LogP contribution in [0.5, 0.6) is 0 Å². The van der Waals surface area contributed by atoms with Gasteiger partial charge in [-0.15, -0.1) is 0 Å². The molecule has 0 radical (unpaired) electrons. The van der Waals surface area contributed by atoms with E-state index in [1.54, 1.807) is 0 Å². The van der Waals surface area contributed by atoms with E-state index >= 15 is 0 Å². The van der Waals surface area contributed by atoms with Gasteiger partial charge in [0.2, 0.25) is 0 Å². The van der Waals surface area contributed by atoms with Crippen molar-refractivity contribution in [2.75, 3.05) is 18.5 Å². The number of fused-ring (bicyclic) bond motifs is 1. The van der Waals surface area contributed by atoms with Gasteiger partial charge in [0.15, 0.2) is 0 Å². The van der Waals surface area contributed by atoms with E-state index in [1.165, 1.54) is 22.0 Å². The van der Waals surface area contributed by atoms with Crippen LogP contribution in [0.15, 0.2) is 36.4 Å². The lowest BCUT2D eigenvalue weighted by Crippen LogP contribution is -2.44. The van der Waals surface area contributed by atoms with E-state index in [2.05, 4.69) is 55.3 Å². The van der Waals surface area contributed by atoms with E-state index in [0.717, 1.165) is 6.54 Å². The first-order valence-electron chi connectivity index (χ1n) is 6.36. The number of hydrogen-bond donors (Lipinski definition) is 1. The highest BCUT2D eigenvalue weighted by atomic mass is 15.1. The molecule has 0 atom stereocenters. The third kappa shape index (κ3) is 3.02. The van der Waals surface area contributed by atoms with Crippen LogP contribution >= 0.6 is 0 Å². The monoisotopic (exact) mass is 242 g/mol. The number of nitrogens with zero attached hydrogens (tertiary/aromatic N) is 1. The van der Waals surface area contributed by atoms with Crippen molar-refractivity contribution in [2.45, 2.75) is 26.3 Å². The molecule has 0 fully saturated rings. The highest BCUT2D eigenvalue weighted by Crippen LogP contribution is 2.23. The molecular formula is C16H22N2. The number of anilines is 1. The van der Waals surface area contributed by atoms with Gasteiger partial charge in [-0.1, -0.05) is 29.8 Å². The Morgan fingerprint density at radius 3 is 2.33 bits per heavy atom. The summed E-state index contributed by atoms with van der Waals surface area (Å²) in [4.78, 5) is 2.21. The summed E-state index contributed by atoms with van der Waals surface area (Å²) in [5.41, 5.74) is 8.39. The Labute approximate surface area is 109 Å². The van der Waals surface area contributed by atoms with Gasteiger partial charge in [-0.25, -0.2) is 0 Å². The summed E-state index contributed by atoms with van der Waals surface area (Å²) in [5.74, 6) is 0. The fourth-order valence-corrected chi connectivity index (χ4v) is 2.29. The summed E-state index contributed by atoms with van der Waals surface area (Å²) in [6.45, 7) is 7.06. The second kappa shape index (κ2) is 4.62. The Morgan fingerprint density at radius 2 is 1.67 bits per heavy atom. The SMILES string of the molecule is Cc1ccc2cc(N(C)CC(C)(C)N)ccc2c1. The zero-order valence-corrected chi connectivity index (χ0v) is 11.7. The molecule has 96 valence electrons. The molecule has 0 spiro atoms. The molecule has 0 amide bonds. The maximum atomic E-state index is 6.06. The first kappa shape index (κ1) is 12.9. The molecule has 0 unspecified atom stereocenters. The van der Waals surface area contributed by atoms with E-state index < -0.39 is 0 Å². The molecular weight excluding hydrogens is 220 g/mol. The van der Waals surface area contributed by atoms with Crippen molar-refractivity contribution in [2.24, 2.45) is 5.73 Å². The Morgan fingerprint density at radius 1 is 1.06 bits per heavy atom. The van der Waals surface area contributed by atoms with Gasteiger partial charge >= 0.3 is 0 Å². The van der Waals surface area contributed by atoms with Crippen LogP contribution in [0.2, 0.25) is 0 Å². The summed E-state index contributed by atoms with van der Waals surface area (Å²) < 4.78 is 0. The predicted molar refractivity (Wildman–Crippen MR) is 80.2 cm³/mol. The van der Waals surface area contributed by atoms with Gasteiger partial charge in [-0.3, -0.25) is 0 Å². The molecule has 2 N–H and O–H groups in total. The third-order valence-electron chi connectivity index (χ3n) is 3.06. The molecule has 0 aromatic heterocycles. The standard InChI is InChI=1S/C16H22N2/c1-12-5-6-14-10-15(8-7-13(14)9-12)18(4)11-16(2,3)17/h5-10H,11,17H2,1-4H3. The Balaban J connectivity index is 2.32. The minimum absolute atomic E-state index is 0.184. The predicted octanol–water partition coefficient (Wildman–Crippen LogP) is 3.32. The number of hydrogen-bond acceptors (Lipinski definition) is 2. The molecule has 0 saturated carbocycles. The molecule has 0 heterocycles. The van der Waals surface area contributed by atoms with E-state index in [0.29, 0.717) is 0 Å². The van der Waals surface area contributed by atoms with Gasteiger partial charge in [0.1, 0.15) is 0 Å².